The molecule has 0 bridgehead atoms. The van der Waals surface area contributed by atoms with Crippen LogP contribution in [0.2, 0.25) is 0 Å². The number of amides is 3. The van der Waals surface area contributed by atoms with E-state index < -0.39 is 35.6 Å². The first-order chi connectivity index (χ1) is 19.0. The molecule has 40 heavy (non-hydrogen) atoms. The second-order valence-electron chi connectivity index (χ2n) is 10.5. The van der Waals surface area contributed by atoms with Crippen molar-refractivity contribution in [1.82, 2.24) is 15.5 Å². The van der Waals surface area contributed by atoms with Gasteiger partial charge < -0.3 is 35.5 Å². The van der Waals surface area contributed by atoms with Crippen molar-refractivity contribution in [3.8, 4) is 0 Å². The van der Waals surface area contributed by atoms with Crippen LogP contribution in [0.15, 0.2) is 60.7 Å². The summed E-state index contributed by atoms with van der Waals surface area (Å²) in [5.74, 6) is -1.36. The monoisotopic (exact) mass is 556 g/mol. The van der Waals surface area contributed by atoms with Gasteiger partial charge in [-0.05, 0) is 23.5 Å². The highest BCUT2D eigenvalue weighted by molar-refractivity contribution is 5.91. The summed E-state index contributed by atoms with van der Waals surface area (Å²) in [4.78, 5) is 40.8. The Morgan fingerprint density at radius 2 is 1.57 bits per heavy atom. The molecule has 0 saturated heterocycles. The lowest BCUT2D eigenvalue weighted by molar-refractivity contribution is -0.155. The van der Waals surface area contributed by atoms with Gasteiger partial charge in [0.05, 0.1) is 32.3 Å². The van der Waals surface area contributed by atoms with Gasteiger partial charge >= 0.3 is 0 Å². The maximum absolute atomic E-state index is 13.9. The molecule has 2 aromatic carbocycles. The van der Waals surface area contributed by atoms with Crippen LogP contribution in [-0.2, 0) is 41.7 Å². The van der Waals surface area contributed by atoms with Crippen LogP contribution in [0.5, 0.6) is 0 Å². The van der Waals surface area contributed by atoms with Crippen molar-refractivity contribution in [2.75, 3.05) is 33.4 Å². The number of hydrogen-bond acceptors (Lipinski definition) is 7. The summed E-state index contributed by atoms with van der Waals surface area (Å²) in [5.41, 5.74) is 7.36. The summed E-state index contributed by atoms with van der Waals surface area (Å²) in [6, 6.07) is 17.2. The summed E-state index contributed by atoms with van der Waals surface area (Å²) in [7, 11) is 1.51. The third-order valence-corrected chi connectivity index (χ3v) is 6.18. The maximum atomic E-state index is 13.9. The SMILES string of the molecule is CCOC(CN(Cc1ccccc1)C(=O)[C@H](COCc1ccccc1)NC(=O)CNC(=O)[C@@H](N)C(C)(C)C)OC. The molecular weight excluding hydrogens is 512 g/mol. The number of nitrogens with zero attached hydrogens (tertiary/aromatic N) is 1. The van der Waals surface area contributed by atoms with Gasteiger partial charge in [-0.1, -0.05) is 81.4 Å². The average molecular weight is 557 g/mol. The van der Waals surface area contributed by atoms with Crippen molar-refractivity contribution in [1.29, 1.82) is 0 Å². The molecule has 0 spiro atoms. The fourth-order valence-corrected chi connectivity index (χ4v) is 3.78. The Kier molecular flexibility index (Phi) is 13.7. The molecule has 2 rings (SSSR count). The topological polar surface area (TPSA) is 132 Å². The molecule has 0 aromatic heterocycles. The van der Waals surface area contributed by atoms with E-state index in [4.69, 9.17) is 19.9 Å². The molecule has 0 aliphatic carbocycles. The van der Waals surface area contributed by atoms with Crippen LogP contribution in [0.3, 0.4) is 0 Å². The zero-order valence-corrected chi connectivity index (χ0v) is 24.2. The van der Waals surface area contributed by atoms with E-state index in [0.717, 1.165) is 11.1 Å². The lowest BCUT2D eigenvalue weighted by Gasteiger charge is -2.31. The Labute approximate surface area is 237 Å². The predicted molar refractivity (Wildman–Crippen MR) is 153 cm³/mol. The van der Waals surface area contributed by atoms with Crippen molar-refractivity contribution in [2.45, 2.75) is 59.2 Å². The molecule has 0 radical (unpaired) electrons. The van der Waals surface area contributed by atoms with E-state index in [9.17, 15) is 14.4 Å². The molecule has 0 fully saturated rings. The molecule has 2 aromatic rings. The number of carbonyl (C=O) groups excluding carboxylic acids is 3. The number of carbonyl (C=O) groups is 3. The molecule has 0 saturated carbocycles. The lowest BCUT2D eigenvalue weighted by Crippen LogP contribution is -2.55. The van der Waals surface area contributed by atoms with Crippen molar-refractivity contribution in [3.63, 3.8) is 0 Å². The normalized spacial score (nSPS) is 13.7. The highest BCUT2D eigenvalue weighted by Gasteiger charge is 2.30. The van der Waals surface area contributed by atoms with E-state index >= 15 is 0 Å². The Morgan fingerprint density at radius 3 is 2.12 bits per heavy atom. The van der Waals surface area contributed by atoms with Crippen LogP contribution < -0.4 is 16.4 Å². The zero-order valence-electron chi connectivity index (χ0n) is 24.2. The van der Waals surface area contributed by atoms with Crippen molar-refractivity contribution < 1.29 is 28.6 Å². The fourth-order valence-electron chi connectivity index (χ4n) is 3.78. The third-order valence-electron chi connectivity index (χ3n) is 6.18. The fraction of sp³-hybridized carbons (Fsp3) is 0.500. The van der Waals surface area contributed by atoms with Crippen LogP contribution in [0.1, 0.15) is 38.8 Å². The molecule has 220 valence electrons. The lowest BCUT2D eigenvalue weighted by atomic mass is 9.87. The van der Waals surface area contributed by atoms with Crippen molar-refractivity contribution >= 4 is 17.7 Å². The van der Waals surface area contributed by atoms with Gasteiger partial charge in [0.2, 0.25) is 17.7 Å². The van der Waals surface area contributed by atoms with Gasteiger partial charge in [0.1, 0.15) is 6.04 Å². The first kappa shape index (κ1) is 32.9. The van der Waals surface area contributed by atoms with Crippen LogP contribution in [-0.4, -0.2) is 74.4 Å². The van der Waals surface area contributed by atoms with E-state index in [-0.39, 0.29) is 38.8 Å². The zero-order chi connectivity index (χ0) is 29.5. The molecule has 0 aliphatic rings. The Bertz CT molecular complexity index is 1050. The number of benzene rings is 2. The van der Waals surface area contributed by atoms with E-state index in [1.54, 1.807) is 4.90 Å². The van der Waals surface area contributed by atoms with Gasteiger partial charge in [-0.15, -0.1) is 0 Å². The van der Waals surface area contributed by atoms with Gasteiger partial charge in [-0.2, -0.15) is 0 Å². The van der Waals surface area contributed by atoms with Crippen LogP contribution in [0.4, 0.5) is 0 Å². The van der Waals surface area contributed by atoms with Gasteiger partial charge in [-0.25, -0.2) is 0 Å². The van der Waals surface area contributed by atoms with E-state index in [2.05, 4.69) is 10.6 Å². The summed E-state index contributed by atoms with van der Waals surface area (Å²) in [6.45, 7) is 8.03. The second kappa shape index (κ2) is 16.7. The maximum Gasteiger partial charge on any atom is 0.248 e. The van der Waals surface area contributed by atoms with Crippen LogP contribution in [0, 0.1) is 5.41 Å². The Hall–Kier alpha value is -3.31. The molecule has 3 atom stereocenters. The molecule has 10 heteroatoms. The predicted octanol–water partition coefficient (Wildman–Crippen LogP) is 2.22. The summed E-state index contributed by atoms with van der Waals surface area (Å²) in [5, 5.41) is 5.29. The van der Waals surface area contributed by atoms with E-state index in [1.165, 1.54) is 7.11 Å². The summed E-state index contributed by atoms with van der Waals surface area (Å²) < 4.78 is 16.9. The van der Waals surface area contributed by atoms with Crippen molar-refractivity contribution in [3.05, 3.63) is 71.8 Å². The second-order valence-corrected chi connectivity index (χ2v) is 10.5. The smallest absolute Gasteiger partial charge is 0.248 e. The molecule has 1 unspecified atom stereocenters. The number of hydrogen-bond donors (Lipinski definition) is 3. The molecule has 0 heterocycles. The van der Waals surface area contributed by atoms with Crippen molar-refractivity contribution in [2.24, 2.45) is 11.1 Å². The number of nitrogens with one attached hydrogen (secondary N) is 2. The van der Waals surface area contributed by atoms with E-state index in [0.29, 0.717) is 6.61 Å². The largest absolute Gasteiger partial charge is 0.374 e. The average Bonchev–Trinajstić information content (AvgIpc) is 2.94. The highest BCUT2D eigenvalue weighted by atomic mass is 16.7. The van der Waals surface area contributed by atoms with Gasteiger partial charge in [0, 0.05) is 20.3 Å². The standard InChI is InChI=1S/C30H44N4O6/c1-6-40-26(38-5)19-34(18-22-13-9-7-10-14-22)29(37)24(21-39-20-23-15-11-8-12-16-23)33-25(35)17-32-28(36)27(31)30(2,3)4/h7-16,24,26-27H,6,17-21,31H2,1-5H3,(H,32,36)(H,33,35)/t24-,26?,27+/m0/s1. The molecular formula is C30H44N4O6. The Morgan fingerprint density at radius 1 is 0.975 bits per heavy atom. The quantitative estimate of drug-likeness (QED) is 0.270. The minimum atomic E-state index is -1.02. The minimum absolute atomic E-state index is 0.0769. The molecule has 10 nitrogen and oxygen atoms in total. The number of rotatable bonds is 16. The third kappa shape index (κ3) is 11.4. The van der Waals surface area contributed by atoms with Gasteiger partial charge in [0.25, 0.3) is 0 Å². The highest BCUT2D eigenvalue weighted by Crippen LogP contribution is 2.17. The van der Waals surface area contributed by atoms with E-state index in [1.807, 2.05) is 88.4 Å². The molecule has 3 amide bonds. The van der Waals surface area contributed by atoms with Crippen LogP contribution in [0.25, 0.3) is 0 Å². The first-order valence-electron chi connectivity index (χ1n) is 13.5. The minimum Gasteiger partial charge on any atom is -0.374 e. The number of methoxy groups -OCH3 is 1. The molecule has 4 N–H and O–H groups in total. The first-order valence-corrected chi connectivity index (χ1v) is 13.5. The van der Waals surface area contributed by atoms with Gasteiger partial charge in [-0.3, -0.25) is 14.4 Å². The summed E-state index contributed by atoms with van der Waals surface area (Å²) in [6.07, 6.45) is -0.655. The number of nitrogens with two attached hydrogens (primary N) is 1. The summed E-state index contributed by atoms with van der Waals surface area (Å²) >= 11 is 0. The Balaban J connectivity index is 2.19. The molecule has 0 aliphatic heterocycles. The van der Waals surface area contributed by atoms with Crippen LogP contribution >= 0.6 is 0 Å². The van der Waals surface area contributed by atoms with Gasteiger partial charge in [0.15, 0.2) is 6.29 Å². The number of ether oxygens (including phenoxy) is 3.